The summed E-state index contributed by atoms with van der Waals surface area (Å²) in [4.78, 5) is 1.79. The number of para-hydroxylation sites is 2. The van der Waals surface area contributed by atoms with E-state index in [4.69, 9.17) is 11.3 Å². The number of benzene rings is 8. The summed E-state index contributed by atoms with van der Waals surface area (Å²) >= 11 is 0. The number of hydrogen-bond acceptors (Lipinski definition) is 2. The Kier molecular flexibility index (Phi) is 5.64. The minimum atomic E-state index is -0.437. The van der Waals surface area contributed by atoms with Crippen LogP contribution in [0, 0.1) is 0 Å². The first-order chi connectivity index (χ1) is 25.9. The van der Waals surface area contributed by atoms with Gasteiger partial charge in [0.2, 0.25) is 0 Å². The van der Waals surface area contributed by atoms with Crippen molar-refractivity contribution in [2.75, 3.05) is 4.90 Å². The van der Waals surface area contributed by atoms with Gasteiger partial charge in [0.05, 0.1) is 12.5 Å². The zero-order chi connectivity index (χ0) is 36.2. The molecule has 0 atom stereocenters. The van der Waals surface area contributed by atoms with Gasteiger partial charge in [-0.05, 0) is 75.6 Å². The fourth-order valence-electron chi connectivity index (χ4n) is 6.71. The van der Waals surface area contributed by atoms with Crippen LogP contribution in [0.5, 0.6) is 0 Å². The molecular weight excluding hydrogens is 583 g/mol. The van der Waals surface area contributed by atoms with Gasteiger partial charge in [0.15, 0.2) is 0 Å². The number of fused-ring (bicyclic) bond motifs is 5. The third-order valence-corrected chi connectivity index (χ3v) is 8.98. The molecule has 9 rings (SSSR count). The normalized spacial score (nSPS) is 12.8. The predicted octanol–water partition coefficient (Wildman–Crippen LogP) is 13.2. The molecule has 0 aliphatic heterocycles. The van der Waals surface area contributed by atoms with Gasteiger partial charge in [-0.2, -0.15) is 0 Å². The summed E-state index contributed by atoms with van der Waals surface area (Å²) in [5.74, 6) is 0. The van der Waals surface area contributed by atoms with Crippen molar-refractivity contribution in [3.8, 4) is 33.4 Å². The fourth-order valence-corrected chi connectivity index (χ4v) is 6.71. The second kappa shape index (κ2) is 11.8. The van der Waals surface area contributed by atoms with Crippen molar-refractivity contribution < 1.29 is 11.3 Å². The Labute approximate surface area is 286 Å². The molecule has 8 aromatic carbocycles. The molecule has 0 radical (unpaired) electrons. The van der Waals surface area contributed by atoms with Gasteiger partial charge in [-0.1, -0.05) is 146 Å². The molecule has 0 saturated carbocycles. The van der Waals surface area contributed by atoms with E-state index in [1.54, 1.807) is 4.90 Å². The van der Waals surface area contributed by atoms with Crippen LogP contribution in [-0.2, 0) is 0 Å². The summed E-state index contributed by atoms with van der Waals surface area (Å²) in [6.07, 6.45) is 0. The number of rotatable bonds is 6. The highest BCUT2D eigenvalue weighted by atomic mass is 16.3. The predicted molar refractivity (Wildman–Crippen MR) is 202 cm³/mol. The quantitative estimate of drug-likeness (QED) is 0.184. The minimum absolute atomic E-state index is 0.0682. The molecule has 0 N–H and O–H groups in total. The lowest BCUT2D eigenvalue weighted by Crippen LogP contribution is -2.11. The Bertz CT molecular complexity index is 2800. The molecule has 0 bridgehead atoms. The van der Waals surface area contributed by atoms with Crippen molar-refractivity contribution in [2.45, 2.75) is 0 Å². The Morgan fingerprint density at radius 2 is 1.06 bits per heavy atom. The molecule has 0 aliphatic rings. The molecule has 0 spiro atoms. The summed E-state index contributed by atoms with van der Waals surface area (Å²) in [5.41, 5.74) is 8.95. The molecule has 226 valence electrons. The first-order valence-electron chi connectivity index (χ1n) is 18.4. The molecule has 1 aromatic heterocycles. The maximum Gasteiger partial charge on any atom is 0.143 e. The van der Waals surface area contributed by atoms with Crippen LogP contribution >= 0.6 is 0 Å². The average Bonchev–Trinajstić information content (AvgIpc) is 3.61. The van der Waals surface area contributed by atoms with Crippen LogP contribution in [0.25, 0.3) is 66.1 Å². The van der Waals surface area contributed by atoms with E-state index < -0.39 is 18.1 Å². The van der Waals surface area contributed by atoms with Gasteiger partial charge in [0, 0.05) is 33.1 Å². The highest BCUT2D eigenvalue weighted by Gasteiger charge is 2.20. The van der Waals surface area contributed by atoms with Crippen molar-refractivity contribution in [1.29, 1.82) is 0 Å². The molecule has 2 heteroatoms. The van der Waals surface area contributed by atoms with E-state index in [9.17, 15) is 0 Å². The van der Waals surface area contributed by atoms with Crippen LogP contribution in [0.4, 0.5) is 17.1 Å². The van der Waals surface area contributed by atoms with Crippen LogP contribution < -0.4 is 4.90 Å². The van der Waals surface area contributed by atoms with E-state index in [1.165, 1.54) is 0 Å². The third-order valence-electron chi connectivity index (χ3n) is 8.98. The van der Waals surface area contributed by atoms with Gasteiger partial charge in [0.25, 0.3) is 0 Å². The molecular formula is C46H31NO. The van der Waals surface area contributed by atoms with E-state index in [2.05, 4.69) is 60.7 Å². The highest BCUT2D eigenvalue weighted by molar-refractivity contribution is 6.19. The molecule has 0 unspecified atom stereocenters. The SMILES string of the molecule is [2H]c1c([2H])c([2H])c(N(c2ccc(-c3ccc(-c4ccccc4)cc3)cc2)c2ccccc2-c2cccc3oc4c5ccccc5ccc4c23)c([2H])c1[2H]. The van der Waals surface area contributed by atoms with Gasteiger partial charge >= 0.3 is 0 Å². The lowest BCUT2D eigenvalue weighted by Gasteiger charge is -2.28. The van der Waals surface area contributed by atoms with Crippen LogP contribution in [0.1, 0.15) is 6.85 Å². The van der Waals surface area contributed by atoms with Crippen LogP contribution in [0.15, 0.2) is 192 Å². The third kappa shape index (κ3) is 4.83. The lowest BCUT2D eigenvalue weighted by molar-refractivity contribution is 0.673. The van der Waals surface area contributed by atoms with Crippen molar-refractivity contribution in [3.05, 3.63) is 188 Å². The van der Waals surface area contributed by atoms with Gasteiger partial charge in [0.1, 0.15) is 11.2 Å². The first-order valence-corrected chi connectivity index (χ1v) is 15.9. The number of furan rings is 1. The Morgan fingerprint density at radius 3 is 1.83 bits per heavy atom. The van der Waals surface area contributed by atoms with Crippen molar-refractivity contribution in [1.82, 2.24) is 0 Å². The molecule has 9 aromatic rings. The first kappa shape index (κ1) is 23.0. The Hall–Kier alpha value is -6.38. The van der Waals surface area contributed by atoms with Crippen LogP contribution in [0.2, 0.25) is 0 Å². The number of nitrogens with zero attached hydrogens (tertiary/aromatic N) is 1. The van der Waals surface area contributed by atoms with Crippen molar-refractivity contribution in [3.63, 3.8) is 0 Å². The summed E-state index contributed by atoms with van der Waals surface area (Å²) in [7, 11) is 0. The Balaban J connectivity index is 1.23. The largest absolute Gasteiger partial charge is 0.455 e. The summed E-state index contributed by atoms with van der Waals surface area (Å²) in [6.45, 7) is 0. The number of anilines is 3. The maximum atomic E-state index is 9.07. The zero-order valence-corrected chi connectivity index (χ0v) is 25.9. The molecule has 0 saturated heterocycles. The lowest BCUT2D eigenvalue weighted by atomic mass is 9.96. The molecule has 0 fully saturated rings. The van der Waals surface area contributed by atoms with Gasteiger partial charge < -0.3 is 9.32 Å². The zero-order valence-electron chi connectivity index (χ0n) is 30.9. The maximum absolute atomic E-state index is 9.07. The van der Waals surface area contributed by atoms with Gasteiger partial charge in [-0.15, -0.1) is 0 Å². The minimum Gasteiger partial charge on any atom is -0.455 e. The average molecular weight is 619 g/mol. The summed E-state index contributed by atoms with van der Waals surface area (Å²) < 4.78 is 50.2. The van der Waals surface area contributed by atoms with Crippen LogP contribution in [-0.4, -0.2) is 0 Å². The smallest absolute Gasteiger partial charge is 0.143 e. The Morgan fingerprint density at radius 1 is 0.438 bits per heavy atom. The molecule has 48 heavy (non-hydrogen) atoms. The van der Waals surface area contributed by atoms with Gasteiger partial charge in [-0.25, -0.2) is 0 Å². The van der Waals surface area contributed by atoms with E-state index in [1.807, 2.05) is 97.1 Å². The molecule has 0 aliphatic carbocycles. The monoisotopic (exact) mass is 618 g/mol. The van der Waals surface area contributed by atoms with Gasteiger partial charge in [-0.3, -0.25) is 0 Å². The molecule has 1 heterocycles. The van der Waals surface area contributed by atoms with Crippen molar-refractivity contribution >= 4 is 49.8 Å². The standard InChI is InChI=1S/C46H31NO/c1-3-12-32(13-4-1)33-22-24-34(25-23-33)35-26-29-38(30-27-35)47(37-15-5-2-6-16-37)43-20-10-9-18-40(43)41-19-11-21-44-45(41)42-31-28-36-14-7-8-17-39(36)46(42)48-44/h1-31H/i2D,5D,6D,15D,16D. The van der Waals surface area contributed by atoms with Crippen molar-refractivity contribution in [2.24, 2.45) is 0 Å². The topological polar surface area (TPSA) is 16.4 Å². The van der Waals surface area contributed by atoms with Crippen LogP contribution in [0.3, 0.4) is 0 Å². The highest BCUT2D eigenvalue weighted by Crippen LogP contribution is 2.45. The van der Waals surface area contributed by atoms with E-state index in [0.29, 0.717) is 11.4 Å². The summed E-state index contributed by atoms with van der Waals surface area (Å²) in [5, 5.41) is 4.03. The second-order valence-corrected chi connectivity index (χ2v) is 11.8. The number of hydrogen-bond donors (Lipinski definition) is 0. The molecule has 0 amide bonds. The van der Waals surface area contributed by atoms with E-state index in [0.717, 1.165) is 66.1 Å². The second-order valence-electron chi connectivity index (χ2n) is 11.8. The van der Waals surface area contributed by atoms with E-state index in [-0.39, 0.29) is 17.8 Å². The summed E-state index contributed by atoms with van der Waals surface area (Å²) in [6, 6.07) is 50.9. The molecule has 2 nitrogen and oxygen atoms in total. The fraction of sp³-hybridized carbons (Fsp3) is 0. The van der Waals surface area contributed by atoms with E-state index >= 15 is 0 Å².